The third-order valence-electron chi connectivity index (χ3n) is 4.54. The summed E-state index contributed by atoms with van der Waals surface area (Å²) in [7, 11) is 0. The number of para-hydroxylation sites is 1. The van der Waals surface area contributed by atoms with Gasteiger partial charge in [0, 0.05) is 42.6 Å². The number of nitrogens with two attached hydrogens (primary N) is 2. The molecule has 14 nitrogen and oxygen atoms in total. The maximum Gasteiger partial charge on any atom is 0.372 e. The molecular formula is C22H27N5O9. The Balaban J connectivity index is 0.000000279. The molecule has 0 aliphatic carbocycles. The van der Waals surface area contributed by atoms with Crippen molar-refractivity contribution >= 4 is 40.6 Å². The quantitative estimate of drug-likeness (QED) is 0.169. The number of nitrogens with zero attached hydrogens (tertiary/aromatic N) is 1. The van der Waals surface area contributed by atoms with Crippen molar-refractivity contribution in [2.45, 2.75) is 37.8 Å². The SMILES string of the molecule is NC(Cc1c[nH]c2ccccc12)C(=O)O.NC(Cc1c[nH]cn1)C(=O)O.O=C(O)CCC(=O)C(=O)O. The van der Waals surface area contributed by atoms with Gasteiger partial charge >= 0.3 is 23.9 Å². The lowest BCUT2D eigenvalue weighted by Crippen LogP contribution is -2.32. The summed E-state index contributed by atoms with van der Waals surface area (Å²) in [5.74, 6) is -5.80. The number of hydrogen-bond donors (Lipinski definition) is 8. The van der Waals surface area contributed by atoms with Gasteiger partial charge in [-0.05, 0) is 11.6 Å². The fourth-order valence-corrected chi connectivity index (χ4v) is 2.67. The number of benzene rings is 1. The van der Waals surface area contributed by atoms with Crippen LogP contribution in [0.5, 0.6) is 0 Å². The molecule has 0 saturated carbocycles. The zero-order valence-electron chi connectivity index (χ0n) is 19.0. The molecule has 2 aromatic heterocycles. The fraction of sp³-hybridized carbons (Fsp3) is 0.273. The number of aromatic amines is 2. The Morgan fingerprint density at radius 1 is 0.861 bits per heavy atom. The van der Waals surface area contributed by atoms with Crippen molar-refractivity contribution in [2.24, 2.45) is 11.5 Å². The third kappa shape index (κ3) is 10.6. The fourth-order valence-electron chi connectivity index (χ4n) is 2.67. The molecule has 2 atom stereocenters. The van der Waals surface area contributed by atoms with Crippen molar-refractivity contribution in [1.29, 1.82) is 0 Å². The van der Waals surface area contributed by atoms with E-state index in [0.717, 1.165) is 16.5 Å². The highest BCUT2D eigenvalue weighted by molar-refractivity contribution is 6.32. The predicted molar refractivity (Wildman–Crippen MR) is 125 cm³/mol. The Morgan fingerprint density at radius 3 is 2.00 bits per heavy atom. The molecule has 2 unspecified atom stereocenters. The highest BCUT2D eigenvalue weighted by atomic mass is 16.4. The van der Waals surface area contributed by atoms with Crippen molar-refractivity contribution in [3.8, 4) is 0 Å². The maximum absolute atomic E-state index is 10.6. The first-order chi connectivity index (χ1) is 16.9. The molecule has 0 spiro atoms. The number of H-pyrrole nitrogens is 2. The van der Waals surface area contributed by atoms with Crippen molar-refractivity contribution < 1.29 is 44.4 Å². The average molecular weight is 505 g/mol. The van der Waals surface area contributed by atoms with E-state index in [9.17, 15) is 24.0 Å². The molecule has 0 saturated heterocycles. The molecule has 0 fully saturated rings. The summed E-state index contributed by atoms with van der Waals surface area (Å²) in [5.41, 5.74) is 13.4. The topological polar surface area (TPSA) is 263 Å². The zero-order chi connectivity index (χ0) is 27.3. The molecule has 1 aromatic carbocycles. The Kier molecular flexibility index (Phi) is 12.0. The summed E-state index contributed by atoms with van der Waals surface area (Å²) in [6, 6.07) is 6.05. The second kappa shape index (κ2) is 14.6. The molecular weight excluding hydrogens is 478 g/mol. The lowest BCUT2D eigenvalue weighted by atomic mass is 10.1. The van der Waals surface area contributed by atoms with E-state index in [4.69, 9.17) is 31.9 Å². The van der Waals surface area contributed by atoms with Gasteiger partial charge in [0.15, 0.2) is 0 Å². The second-order valence-corrected chi connectivity index (χ2v) is 7.34. The Labute approximate surface area is 203 Å². The molecule has 0 bridgehead atoms. The van der Waals surface area contributed by atoms with Gasteiger partial charge in [-0.25, -0.2) is 9.78 Å². The van der Waals surface area contributed by atoms with E-state index in [1.165, 1.54) is 6.33 Å². The molecule has 36 heavy (non-hydrogen) atoms. The summed E-state index contributed by atoms with van der Waals surface area (Å²) in [6.45, 7) is 0. The standard InChI is InChI=1S/C11H12N2O2.C6H9N3O2.C5H6O5/c12-9(11(14)15)5-7-6-13-10-4-2-1-3-8(7)10;7-5(6(10)11)1-4-2-8-3-9-4;6-3(5(9)10)1-2-4(7)8/h1-4,6,9,13H,5,12H2,(H,14,15);2-3,5H,1,7H2,(H,8,9)(H,10,11);1-2H2,(H,7,8)(H,9,10). The van der Waals surface area contributed by atoms with E-state index < -0.39 is 54.6 Å². The van der Waals surface area contributed by atoms with Crippen LogP contribution >= 0.6 is 0 Å². The number of hydrogen-bond acceptors (Lipinski definition) is 8. The van der Waals surface area contributed by atoms with Gasteiger partial charge in [-0.3, -0.25) is 19.2 Å². The number of nitrogens with one attached hydrogen (secondary N) is 2. The highest BCUT2D eigenvalue weighted by Gasteiger charge is 2.15. The first kappa shape index (κ1) is 29.5. The Morgan fingerprint density at radius 2 is 1.47 bits per heavy atom. The van der Waals surface area contributed by atoms with E-state index in [0.29, 0.717) is 12.1 Å². The van der Waals surface area contributed by atoms with Crippen molar-refractivity contribution in [1.82, 2.24) is 15.0 Å². The number of carboxylic acid groups (broad SMARTS) is 4. The van der Waals surface area contributed by atoms with Crippen LogP contribution in [0.4, 0.5) is 0 Å². The van der Waals surface area contributed by atoms with Crippen LogP contribution in [0, 0.1) is 0 Å². The first-order valence-corrected chi connectivity index (χ1v) is 10.4. The van der Waals surface area contributed by atoms with Crippen LogP contribution in [0.2, 0.25) is 0 Å². The molecule has 10 N–H and O–H groups in total. The van der Waals surface area contributed by atoms with Crippen LogP contribution in [0.1, 0.15) is 24.1 Å². The van der Waals surface area contributed by atoms with Crippen LogP contribution in [-0.2, 0) is 36.8 Å². The average Bonchev–Trinajstić information content (AvgIpc) is 3.48. The molecule has 14 heteroatoms. The summed E-state index contributed by atoms with van der Waals surface area (Å²) in [5, 5.41) is 34.1. The van der Waals surface area contributed by atoms with Gasteiger partial charge in [-0.1, -0.05) is 18.2 Å². The van der Waals surface area contributed by atoms with E-state index >= 15 is 0 Å². The van der Waals surface area contributed by atoms with Crippen molar-refractivity contribution in [3.63, 3.8) is 0 Å². The lowest BCUT2D eigenvalue weighted by molar-refractivity contribution is -0.149. The van der Waals surface area contributed by atoms with Crippen LogP contribution < -0.4 is 11.5 Å². The normalized spacial score (nSPS) is 11.7. The number of carboxylic acids is 4. The molecule has 194 valence electrons. The Hall–Kier alpha value is -4.56. The minimum Gasteiger partial charge on any atom is -0.481 e. The lowest BCUT2D eigenvalue weighted by Gasteiger charge is -2.04. The summed E-state index contributed by atoms with van der Waals surface area (Å²) in [6.07, 6.45) is 4.67. The molecule has 0 amide bonds. The van der Waals surface area contributed by atoms with Gasteiger partial charge in [0.05, 0.1) is 18.4 Å². The number of aromatic nitrogens is 3. The van der Waals surface area contributed by atoms with Crippen LogP contribution in [0.15, 0.2) is 43.0 Å². The molecule has 2 heterocycles. The van der Waals surface area contributed by atoms with Crippen LogP contribution in [-0.4, -0.2) is 77.1 Å². The van der Waals surface area contributed by atoms with Gasteiger partial charge in [0.1, 0.15) is 12.1 Å². The van der Waals surface area contributed by atoms with Gasteiger partial charge < -0.3 is 41.9 Å². The molecule has 0 radical (unpaired) electrons. The van der Waals surface area contributed by atoms with Gasteiger partial charge in [-0.15, -0.1) is 0 Å². The van der Waals surface area contributed by atoms with Crippen molar-refractivity contribution in [2.75, 3.05) is 0 Å². The van der Waals surface area contributed by atoms with E-state index in [1.807, 2.05) is 30.5 Å². The van der Waals surface area contributed by atoms with E-state index in [-0.39, 0.29) is 6.42 Å². The number of carbonyl (C=O) groups excluding carboxylic acids is 1. The van der Waals surface area contributed by atoms with Crippen LogP contribution in [0.25, 0.3) is 10.9 Å². The monoisotopic (exact) mass is 505 g/mol. The van der Waals surface area contributed by atoms with E-state index in [2.05, 4.69) is 15.0 Å². The van der Waals surface area contributed by atoms with E-state index in [1.54, 1.807) is 6.20 Å². The number of Topliss-reactive ketones (excluding diaryl/α,β-unsaturated/α-hetero) is 1. The number of carbonyl (C=O) groups is 5. The minimum absolute atomic E-state index is 0.263. The number of fused-ring (bicyclic) bond motifs is 1. The van der Waals surface area contributed by atoms with Gasteiger partial charge in [-0.2, -0.15) is 0 Å². The summed E-state index contributed by atoms with van der Waals surface area (Å²) >= 11 is 0. The summed E-state index contributed by atoms with van der Waals surface area (Å²) < 4.78 is 0. The second-order valence-electron chi connectivity index (χ2n) is 7.34. The number of imidazole rings is 1. The largest absolute Gasteiger partial charge is 0.481 e. The first-order valence-electron chi connectivity index (χ1n) is 10.4. The molecule has 3 aromatic rings. The summed E-state index contributed by atoms with van der Waals surface area (Å²) in [4.78, 5) is 60.3. The zero-order valence-corrected chi connectivity index (χ0v) is 19.0. The van der Waals surface area contributed by atoms with Crippen molar-refractivity contribution in [3.05, 3.63) is 54.2 Å². The molecule has 0 aliphatic heterocycles. The minimum atomic E-state index is -1.58. The van der Waals surface area contributed by atoms with Gasteiger partial charge in [0.2, 0.25) is 5.78 Å². The highest BCUT2D eigenvalue weighted by Crippen LogP contribution is 2.18. The maximum atomic E-state index is 10.6. The number of aliphatic carboxylic acids is 4. The predicted octanol–water partition coefficient (Wildman–Crippen LogP) is -0.00870. The molecule has 0 aliphatic rings. The number of rotatable bonds is 10. The Bertz CT molecular complexity index is 1170. The molecule has 3 rings (SSSR count). The van der Waals surface area contributed by atoms with Gasteiger partial charge in [0.25, 0.3) is 0 Å². The number of ketones is 1. The third-order valence-corrected chi connectivity index (χ3v) is 4.54. The smallest absolute Gasteiger partial charge is 0.372 e. The van der Waals surface area contributed by atoms with Crippen LogP contribution in [0.3, 0.4) is 0 Å².